The quantitative estimate of drug-likeness (QED) is 0.179. The molecule has 0 bridgehead atoms. The first-order valence-corrected chi connectivity index (χ1v) is 12.1. The Morgan fingerprint density at radius 1 is 1.29 bits per heavy atom. The van der Waals surface area contributed by atoms with Gasteiger partial charge in [0.2, 0.25) is 11.8 Å². The average molecular weight is 511 g/mol. The molecule has 184 valence electrons. The van der Waals surface area contributed by atoms with Crippen LogP contribution in [0.4, 0.5) is 5.00 Å². The highest BCUT2D eigenvalue weighted by atomic mass is 32.2. The summed E-state index contributed by atoms with van der Waals surface area (Å²) < 4.78 is 15.7. The maximum absolute atomic E-state index is 13.4. The van der Waals surface area contributed by atoms with Crippen molar-refractivity contribution in [1.29, 1.82) is 0 Å². The first kappa shape index (κ1) is 25.8. The molecule has 2 aliphatic heterocycles. The standard InChI is InChI=1S/C22H26N2O8S2/c1-13(26)24(16-7-6-8-33-16)17-18(28)23-10-22(11-31-14(2)27,20(29)32-21(3,4)5)15(9-30-12-25)34-19(17)23/h6-9,12,17,19H,10-11H2,1-5H3/t17?,19-,22?/m1/s1. The lowest BCUT2D eigenvalue weighted by atomic mass is 9.85. The van der Waals surface area contributed by atoms with E-state index in [1.54, 1.807) is 38.3 Å². The molecule has 34 heavy (non-hydrogen) atoms. The number of ether oxygens (including phenoxy) is 3. The van der Waals surface area contributed by atoms with Crippen molar-refractivity contribution in [3.8, 4) is 0 Å². The largest absolute Gasteiger partial charge is 0.464 e. The Kier molecular flexibility index (Phi) is 7.41. The Hall–Kier alpha value is -2.86. The molecule has 0 spiro atoms. The molecule has 3 atom stereocenters. The number of esters is 2. The van der Waals surface area contributed by atoms with Gasteiger partial charge in [0.25, 0.3) is 6.47 Å². The Balaban J connectivity index is 2.01. The second-order valence-electron chi connectivity index (χ2n) is 8.84. The van der Waals surface area contributed by atoms with Crippen molar-refractivity contribution in [2.45, 2.75) is 51.6 Å². The van der Waals surface area contributed by atoms with Crippen molar-refractivity contribution in [3.63, 3.8) is 0 Å². The zero-order valence-electron chi connectivity index (χ0n) is 19.4. The third-order valence-electron chi connectivity index (χ3n) is 5.18. The number of hydrogen-bond donors (Lipinski definition) is 0. The van der Waals surface area contributed by atoms with Crippen molar-refractivity contribution in [3.05, 3.63) is 28.7 Å². The highest BCUT2D eigenvalue weighted by Gasteiger charge is 2.63. The van der Waals surface area contributed by atoms with E-state index >= 15 is 0 Å². The molecule has 2 saturated heterocycles. The number of hydrogen-bond acceptors (Lipinski definition) is 10. The maximum atomic E-state index is 13.4. The number of carbonyl (C=O) groups excluding carboxylic acids is 5. The van der Waals surface area contributed by atoms with E-state index in [9.17, 15) is 24.0 Å². The van der Waals surface area contributed by atoms with Crippen LogP contribution in [-0.2, 0) is 38.2 Å². The summed E-state index contributed by atoms with van der Waals surface area (Å²) in [5, 5.41) is 1.87. The number of amides is 2. The van der Waals surface area contributed by atoms with Crippen LogP contribution in [0.3, 0.4) is 0 Å². The molecule has 0 aliphatic carbocycles. The van der Waals surface area contributed by atoms with Crippen LogP contribution in [0.25, 0.3) is 0 Å². The van der Waals surface area contributed by atoms with E-state index < -0.39 is 41.0 Å². The van der Waals surface area contributed by atoms with E-state index in [1.807, 2.05) is 0 Å². The van der Waals surface area contributed by atoms with E-state index in [0.29, 0.717) is 5.00 Å². The van der Waals surface area contributed by atoms with Crippen LogP contribution in [0.5, 0.6) is 0 Å². The van der Waals surface area contributed by atoms with Crippen LogP contribution in [0.2, 0.25) is 0 Å². The van der Waals surface area contributed by atoms with Gasteiger partial charge >= 0.3 is 11.9 Å². The number of rotatable bonds is 7. The Bertz CT molecular complexity index is 1020. The molecule has 0 N–H and O–H groups in total. The van der Waals surface area contributed by atoms with Gasteiger partial charge in [0.05, 0.1) is 5.00 Å². The smallest absolute Gasteiger partial charge is 0.323 e. The summed E-state index contributed by atoms with van der Waals surface area (Å²) in [4.78, 5) is 64.8. The first-order valence-electron chi connectivity index (χ1n) is 10.4. The zero-order chi connectivity index (χ0) is 25.3. The highest BCUT2D eigenvalue weighted by molar-refractivity contribution is 8.04. The number of carbonyl (C=O) groups is 5. The molecular weight excluding hydrogens is 484 g/mol. The van der Waals surface area contributed by atoms with E-state index in [-0.39, 0.29) is 29.7 Å². The van der Waals surface area contributed by atoms with Crippen molar-refractivity contribution in [2.24, 2.45) is 5.41 Å². The lowest BCUT2D eigenvalue weighted by Gasteiger charge is -2.56. The zero-order valence-corrected chi connectivity index (χ0v) is 21.1. The molecule has 2 fully saturated rings. The van der Waals surface area contributed by atoms with Crippen molar-refractivity contribution in [2.75, 3.05) is 18.1 Å². The second kappa shape index (κ2) is 9.79. The van der Waals surface area contributed by atoms with Gasteiger partial charge in [-0.05, 0) is 38.3 Å². The van der Waals surface area contributed by atoms with Gasteiger partial charge in [-0.1, -0.05) is 11.8 Å². The molecule has 2 amide bonds. The molecule has 1 aromatic heterocycles. The van der Waals surface area contributed by atoms with Crippen LogP contribution < -0.4 is 4.90 Å². The van der Waals surface area contributed by atoms with Crippen LogP contribution in [-0.4, -0.2) is 65.3 Å². The molecule has 2 unspecified atom stereocenters. The molecular formula is C22H26N2O8S2. The van der Waals surface area contributed by atoms with Gasteiger partial charge < -0.3 is 19.1 Å². The summed E-state index contributed by atoms with van der Waals surface area (Å²) in [6.45, 7) is 7.24. The van der Waals surface area contributed by atoms with E-state index in [0.717, 1.165) is 18.0 Å². The summed E-state index contributed by atoms with van der Waals surface area (Å²) in [7, 11) is 0. The average Bonchev–Trinajstić information content (AvgIpc) is 3.26. The van der Waals surface area contributed by atoms with E-state index in [1.165, 1.54) is 35.0 Å². The minimum absolute atomic E-state index is 0.174. The Morgan fingerprint density at radius 2 is 2.00 bits per heavy atom. The maximum Gasteiger partial charge on any atom is 0.323 e. The number of nitrogens with zero attached hydrogens (tertiary/aromatic N) is 2. The minimum Gasteiger partial charge on any atom is -0.464 e. The molecule has 0 aromatic carbocycles. The predicted octanol–water partition coefficient (Wildman–Crippen LogP) is 2.29. The molecule has 1 aromatic rings. The third-order valence-corrected chi connectivity index (χ3v) is 7.54. The number of thioether (sulfide) groups is 1. The van der Waals surface area contributed by atoms with Crippen LogP contribution in [0.15, 0.2) is 28.7 Å². The normalized spacial score (nSPS) is 25.1. The summed E-state index contributed by atoms with van der Waals surface area (Å²) in [5.41, 5.74) is -2.47. The van der Waals surface area contributed by atoms with Gasteiger partial charge in [0, 0.05) is 25.3 Å². The predicted molar refractivity (Wildman–Crippen MR) is 125 cm³/mol. The summed E-state index contributed by atoms with van der Waals surface area (Å²) in [6, 6.07) is 2.71. The summed E-state index contributed by atoms with van der Waals surface area (Å²) >= 11 is 2.41. The van der Waals surface area contributed by atoms with Gasteiger partial charge in [0.1, 0.15) is 29.9 Å². The van der Waals surface area contributed by atoms with Gasteiger partial charge in [-0.15, -0.1) is 11.3 Å². The van der Waals surface area contributed by atoms with Crippen molar-refractivity contribution >= 4 is 58.3 Å². The van der Waals surface area contributed by atoms with Gasteiger partial charge in [-0.3, -0.25) is 28.9 Å². The molecule has 0 saturated carbocycles. The van der Waals surface area contributed by atoms with E-state index in [2.05, 4.69) is 0 Å². The van der Waals surface area contributed by atoms with Gasteiger partial charge in [-0.2, -0.15) is 0 Å². The topological polar surface area (TPSA) is 120 Å². The van der Waals surface area contributed by atoms with Crippen LogP contribution >= 0.6 is 23.1 Å². The summed E-state index contributed by atoms with van der Waals surface area (Å²) in [5.74, 6) is -2.02. The molecule has 12 heteroatoms. The lowest BCUT2D eigenvalue weighted by Crippen LogP contribution is -2.74. The van der Waals surface area contributed by atoms with Crippen molar-refractivity contribution in [1.82, 2.24) is 4.90 Å². The number of β-lactam (4-membered cyclic amide) rings is 1. The lowest BCUT2D eigenvalue weighted by molar-refractivity contribution is -0.174. The first-order chi connectivity index (χ1) is 15.9. The minimum atomic E-state index is -1.60. The molecule has 0 radical (unpaired) electrons. The monoisotopic (exact) mass is 510 g/mol. The Morgan fingerprint density at radius 3 is 2.53 bits per heavy atom. The third kappa shape index (κ3) is 4.97. The number of thiophene rings is 1. The summed E-state index contributed by atoms with van der Waals surface area (Å²) in [6.07, 6.45) is 1.10. The fourth-order valence-electron chi connectivity index (χ4n) is 3.72. The molecule has 3 heterocycles. The number of fused-ring (bicyclic) bond motifs is 1. The van der Waals surface area contributed by atoms with Gasteiger partial charge in [0.15, 0.2) is 5.41 Å². The fraction of sp³-hybridized carbons (Fsp3) is 0.500. The van der Waals surface area contributed by atoms with Crippen molar-refractivity contribution < 1.29 is 38.2 Å². The molecule has 3 rings (SSSR count). The van der Waals surface area contributed by atoms with Crippen LogP contribution in [0, 0.1) is 5.41 Å². The Labute approximate surface area is 205 Å². The molecule has 2 aliphatic rings. The SMILES string of the molecule is CC(=O)OCC1(C(=O)OC(C)(C)C)CN2C(=O)C(N(C(C)=O)c3cccs3)[C@H]2SC1=COC=O. The second-order valence-corrected chi connectivity index (χ2v) is 10.9. The van der Waals surface area contributed by atoms with E-state index in [4.69, 9.17) is 14.2 Å². The highest BCUT2D eigenvalue weighted by Crippen LogP contribution is 2.52. The van der Waals surface area contributed by atoms with Gasteiger partial charge in [-0.25, -0.2) is 0 Å². The fourth-order valence-corrected chi connectivity index (χ4v) is 6.00. The molecule has 10 nitrogen and oxygen atoms in total. The van der Waals surface area contributed by atoms with Crippen LogP contribution in [0.1, 0.15) is 34.6 Å². The number of anilines is 1.